The fourth-order valence-corrected chi connectivity index (χ4v) is 10.8. The molecule has 8 rings (SSSR count). The van der Waals surface area contributed by atoms with Crippen LogP contribution in [-0.2, 0) is 40.7 Å². The van der Waals surface area contributed by atoms with Crippen LogP contribution < -0.4 is 0 Å². The number of benzene rings is 2. The first-order valence-corrected chi connectivity index (χ1v) is 24.7. The highest BCUT2D eigenvalue weighted by atomic mass is 32.2. The van der Waals surface area contributed by atoms with Gasteiger partial charge in [-0.2, -0.15) is 0 Å². The number of nitrogens with zero attached hydrogens (tertiary/aromatic N) is 10. The Bertz CT molecular complexity index is 2640. The summed E-state index contributed by atoms with van der Waals surface area (Å²) in [5, 5.41) is 14.6. The minimum absolute atomic E-state index is 0.0511. The highest BCUT2D eigenvalue weighted by Crippen LogP contribution is 2.33. The number of ether oxygens (including phenoxy) is 2. The maximum Gasteiger partial charge on any atom is 0.160 e. The molecule has 6 heterocycles. The third-order valence-corrected chi connectivity index (χ3v) is 16.4. The summed E-state index contributed by atoms with van der Waals surface area (Å²) in [7, 11) is -7.63. The van der Waals surface area contributed by atoms with Gasteiger partial charge in [-0.1, -0.05) is 26.0 Å². The maximum absolute atomic E-state index is 14.7. The van der Waals surface area contributed by atoms with E-state index in [4.69, 9.17) is 9.47 Å². The number of rotatable bonds is 14. The standard InChI is InChI=1S/2C22H25F2N5O3S/c2*1-13-9-25-21(26-10-13)14(2)15(3)33(30,31)12-19-27-28-22(16-7-8-32-11-16)29(19)20-17(23)5-4-6-18(20)24/h2*4-6,9-10,14-16H,7-8,11-12H2,1-3H3/t14-,15-,16+;14-,15-,16-/m00/s1. The lowest BCUT2D eigenvalue weighted by Gasteiger charge is -2.20. The minimum Gasteiger partial charge on any atom is -0.381 e. The molecule has 2 fully saturated rings. The van der Waals surface area contributed by atoms with Gasteiger partial charge in [0, 0.05) is 61.7 Å². The second-order valence-corrected chi connectivity index (χ2v) is 21.4. The highest BCUT2D eigenvalue weighted by Gasteiger charge is 2.36. The lowest BCUT2D eigenvalue weighted by Crippen LogP contribution is -2.28. The quantitative estimate of drug-likeness (QED) is 0.107. The van der Waals surface area contributed by atoms with Crippen LogP contribution in [0, 0.1) is 37.1 Å². The van der Waals surface area contributed by atoms with Crippen molar-refractivity contribution in [3.8, 4) is 11.4 Å². The fourth-order valence-electron chi connectivity index (χ4n) is 7.69. The normalized spacial score (nSPS) is 18.4. The first kappa shape index (κ1) is 48.4. The molecule has 6 atom stereocenters. The zero-order valence-electron chi connectivity index (χ0n) is 37.1. The average Bonchev–Trinajstić information content (AvgIpc) is 4.13. The Morgan fingerprint density at radius 1 is 0.576 bits per heavy atom. The summed E-state index contributed by atoms with van der Waals surface area (Å²) in [5.41, 5.74) is 0.948. The second kappa shape index (κ2) is 20.1. The van der Waals surface area contributed by atoms with Crippen molar-refractivity contribution in [1.82, 2.24) is 49.5 Å². The molecular formula is C44H50F4N10O6S2. The maximum atomic E-state index is 14.7. The molecule has 0 amide bonds. The van der Waals surface area contributed by atoms with Crippen LogP contribution in [-0.4, -0.2) is 103 Å². The third-order valence-electron chi connectivity index (χ3n) is 12.0. The van der Waals surface area contributed by atoms with Gasteiger partial charge in [0.05, 0.1) is 23.7 Å². The molecule has 352 valence electrons. The van der Waals surface area contributed by atoms with Crippen molar-refractivity contribution in [2.75, 3.05) is 26.4 Å². The number of aryl methyl sites for hydroxylation is 2. The monoisotopic (exact) mass is 954 g/mol. The molecule has 16 nitrogen and oxygen atoms in total. The highest BCUT2D eigenvalue weighted by molar-refractivity contribution is 7.91. The molecule has 2 aliphatic heterocycles. The molecule has 0 aliphatic carbocycles. The summed E-state index contributed by atoms with van der Waals surface area (Å²) >= 11 is 0. The van der Waals surface area contributed by atoms with Crippen molar-refractivity contribution < 1.29 is 43.9 Å². The number of hydrogen-bond donors (Lipinski definition) is 0. The summed E-state index contributed by atoms with van der Waals surface area (Å²) in [5.74, 6) is -4.63. The van der Waals surface area contributed by atoms with E-state index >= 15 is 0 Å². The van der Waals surface area contributed by atoms with Crippen LogP contribution in [0.3, 0.4) is 0 Å². The molecule has 0 N–H and O–H groups in total. The summed E-state index contributed by atoms with van der Waals surface area (Å²) in [4.78, 5) is 17.0. The average molecular weight is 955 g/mol. The molecule has 0 spiro atoms. The summed E-state index contributed by atoms with van der Waals surface area (Å²) < 4.78 is 125. The van der Waals surface area contributed by atoms with Crippen molar-refractivity contribution in [2.24, 2.45) is 0 Å². The van der Waals surface area contributed by atoms with Crippen LogP contribution in [0.25, 0.3) is 11.4 Å². The van der Waals surface area contributed by atoms with E-state index in [1.54, 1.807) is 52.5 Å². The Balaban J connectivity index is 0.000000196. The fraction of sp³-hybridized carbons (Fsp3) is 0.455. The Hall–Kier alpha value is -5.58. The Kier molecular flexibility index (Phi) is 14.7. The molecule has 4 aromatic heterocycles. The molecular weight excluding hydrogens is 905 g/mol. The minimum atomic E-state index is -3.82. The first-order valence-electron chi connectivity index (χ1n) is 21.3. The van der Waals surface area contributed by atoms with Crippen LogP contribution in [0.15, 0.2) is 61.2 Å². The van der Waals surface area contributed by atoms with Gasteiger partial charge in [-0.3, -0.25) is 9.13 Å². The van der Waals surface area contributed by atoms with Gasteiger partial charge in [0.15, 0.2) is 31.3 Å². The molecule has 6 aromatic rings. The van der Waals surface area contributed by atoms with E-state index in [0.29, 0.717) is 50.9 Å². The zero-order chi connectivity index (χ0) is 47.5. The number of aromatic nitrogens is 10. The van der Waals surface area contributed by atoms with Crippen molar-refractivity contribution in [3.05, 3.63) is 131 Å². The number of halogens is 4. The van der Waals surface area contributed by atoms with Gasteiger partial charge >= 0.3 is 0 Å². The van der Waals surface area contributed by atoms with Gasteiger partial charge in [-0.25, -0.2) is 54.3 Å². The van der Waals surface area contributed by atoms with Gasteiger partial charge in [0.1, 0.15) is 69.4 Å². The lowest BCUT2D eigenvalue weighted by molar-refractivity contribution is 0.193. The molecule has 2 aliphatic rings. The molecule has 0 bridgehead atoms. The molecule has 66 heavy (non-hydrogen) atoms. The molecule has 22 heteroatoms. The SMILES string of the molecule is Cc1cnc([C@@H](C)[C@H](C)S(=O)(=O)Cc2nnc([C@@H]3CCOC3)n2-c2c(F)cccc2F)nc1.Cc1cnc([C@@H](C)[C@H](C)S(=O)(=O)Cc2nnc([C@H]3CCOC3)n2-c2c(F)cccc2F)nc1. The first-order chi connectivity index (χ1) is 31.4. The molecule has 2 saturated heterocycles. The van der Waals surface area contributed by atoms with E-state index in [9.17, 15) is 34.4 Å². The Labute approximate surface area is 380 Å². The summed E-state index contributed by atoms with van der Waals surface area (Å²) in [6.07, 6.45) is 7.72. The van der Waals surface area contributed by atoms with Gasteiger partial charge in [-0.15, -0.1) is 20.4 Å². The predicted molar refractivity (Wildman–Crippen MR) is 233 cm³/mol. The van der Waals surface area contributed by atoms with Crippen molar-refractivity contribution in [3.63, 3.8) is 0 Å². The predicted octanol–water partition coefficient (Wildman–Crippen LogP) is 6.51. The molecule has 0 unspecified atom stereocenters. The van der Waals surface area contributed by atoms with E-state index in [1.807, 2.05) is 13.8 Å². The van der Waals surface area contributed by atoms with Crippen LogP contribution in [0.1, 0.15) is 110 Å². The number of para-hydroxylation sites is 2. The largest absolute Gasteiger partial charge is 0.381 e. The Morgan fingerprint density at radius 3 is 1.21 bits per heavy atom. The van der Waals surface area contributed by atoms with E-state index in [0.717, 1.165) is 35.4 Å². The van der Waals surface area contributed by atoms with Crippen molar-refractivity contribution in [1.29, 1.82) is 0 Å². The van der Waals surface area contributed by atoms with Crippen molar-refractivity contribution >= 4 is 19.7 Å². The van der Waals surface area contributed by atoms with Gasteiger partial charge in [0.2, 0.25) is 0 Å². The van der Waals surface area contributed by atoms with E-state index in [-0.39, 0.29) is 35.1 Å². The molecule has 2 aromatic carbocycles. The lowest BCUT2D eigenvalue weighted by atomic mass is 10.1. The summed E-state index contributed by atoms with van der Waals surface area (Å²) in [6.45, 7) is 11.9. The topological polar surface area (TPSA) is 200 Å². The van der Waals surface area contributed by atoms with Crippen LogP contribution in [0.2, 0.25) is 0 Å². The van der Waals surface area contributed by atoms with Gasteiger partial charge in [0.25, 0.3) is 0 Å². The Morgan fingerprint density at radius 2 is 0.909 bits per heavy atom. The van der Waals surface area contributed by atoms with Gasteiger partial charge in [-0.05, 0) is 75.9 Å². The van der Waals surface area contributed by atoms with Gasteiger partial charge < -0.3 is 9.47 Å². The van der Waals surface area contributed by atoms with Crippen LogP contribution in [0.4, 0.5) is 17.6 Å². The van der Waals surface area contributed by atoms with Crippen molar-refractivity contribution in [2.45, 2.75) is 100 Å². The van der Waals surface area contributed by atoms with Crippen LogP contribution in [0.5, 0.6) is 0 Å². The molecule has 0 saturated carbocycles. The van der Waals surface area contributed by atoms with E-state index in [2.05, 4.69) is 40.3 Å². The zero-order valence-corrected chi connectivity index (χ0v) is 38.8. The molecule has 0 radical (unpaired) electrons. The van der Waals surface area contributed by atoms with Crippen LogP contribution >= 0.6 is 0 Å². The number of sulfone groups is 2. The summed E-state index contributed by atoms with van der Waals surface area (Å²) in [6, 6.07) is 6.96. The van der Waals surface area contributed by atoms with E-state index < -0.39 is 88.2 Å². The third kappa shape index (κ3) is 10.3. The van der Waals surface area contributed by atoms with E-state index in [1.165, 1.54) is 21.3 Å². The number of hydrogen-bond acceptors (Lipinski definition) is 14. The smallest absolute Gasteiger partial charge is 0.160 e. The second-order valence-electron chi connectivity index (χ2n) is 16.7.